The van der Waals surface area contributed by atoms with Crippen LogP contribution in [0.3, 0.4) is 0 Å². The maximum absolute atomic E-state index is 10.8. The van der Waals surface area contributed by atoms with Crippen molar-refractivity contribution in [1.29, 1.82) is 0 Å². The molecule has 2 aliphatic rings. The molecule has 0 saturated carbocycles. The number of hydrogen-bond acceptors (Lipinski definition) is 5. The standard InChI is InChI=1S/C7H10O5/c8-4-1-3-2-11-7(10)5(9)6(3)12-4/h3,5-7,9-10H,1-2H2. The van der Waals surface area contributed by atoms with Gasteiger partial charge in [-0.2, -0.15) is 0 Å². The molecule has 0 aromatic rings. The monoisotopic (exact) mass is 174 g/mol. The molecule has 5 nitrogen and oxygen atoms in total. The Morgan fingerprint density at radius 1 is 1.42 bits per heavy atom. The van der Waals surface area contributed by atoms with Crippen LogP contribution in [0.2, 0.25) is 0 Å². The molecule has 2 fully saturated rings. The van der Waals surface area contributed by atoms with Gasteiger partial charge in [0.05, 0.1) is 13.0 Å². The predicted octanol–water partition coefficient (Wildman–Crippen LogP) is -1.37. The Morgan fingerprint density at radius 3 is 2.92 bits per heavy atom. The predicted molar refractivity (Wildman–Crippen MR) is 36.0 cm³/mol. The highest BCUT2D eigenvalue weighted by Gasteiger charge is 2.46. The smallest absolute Gasteiger partial charge is 0.306 e. The molecule has 0 amide bonds. The zero-order valence-electron chi connectivity index (χ0n) is 6.34. The fourth-order valence-corrected chi connectivity index (χ4v) is 1.61. The SMILES string of the molecule is O=C1CC2COC(O)C(O)C2O1. The molecule has 5 heteroatoms. The van der Waals surface area contributed by atoms with Crippen molar-refractivity contribution in [1.82, 2.24) is 0 Å². The maximum Gasteiger partial charge on any atom is 0.306 e. The van der Waals surface area contributed by atoms with E-state index in [2.05, 4.69) is 0 Å². The second-order valence-corrected chi connectivity index (χ2v) is 3.13. The lowest BCUT2D eigenvalue weighted by Gasteiger charge is -2.31. The molecule has 0 aromatic heterocycles. The van der Waals surface area contributed by atoms with E-state index in [9.17, 15) is 9.90 Å². The molecule has 2 heterocycles. The first kappa shape index (κ1) is 7.97. The van der Waals surface area contributed by atoms with E-state index < -0.39 is 18.5 Å². The molecule has 4 atom stereocenters. The lowest BCUT2D eigenvalue weighted by Crippen LogP contribution is -2.48. The zero-order chi connectivity index (χ0) is 8.72. The molecule has 2 saturated heterocycles. The fourth-order valence-electron chi connectivity index (χ4n) is 1.61. The van der Waals surface area contributed by atoms with Crippen LogP contribution in [0, 0.1) is 5.92 Å². The largest absolute Gasteiger partial charge is 0.459 e. The van der Waals surface area contributed by atoms with Crippen LogP contribution in [0.15, 0.2) is 0 Å². The molecule has 0 aromatic carbocycles. The van der Waals surface area contributed by atoms with Gasteiger partial charge < -0.3 is 19.7 Å². The molecule has 0 bridgehead atoms. The molecule has 2 aliphatic heterocycles. The van der Waals surface area contributed by atoms with Crippen molar-refractivity contribution in [3.8, 4) is 0 Å². The number of hydrogen-bond donors (Lipinski definition) is 2. The third-order valence-electron chi connectivity index (χ3n) is 2.27. The van der Waals surface area contributed by atoms with Gasteiger partial charge in [-0.25, -0.2) is 0 Å². The minimum Gasteiger partial charge on any atom is -0.459 e. The Kier molecular flexibility index (Phi) is 1.79. The highest BCUT2D eigenvalue weighted by atomic mass is 16.6. The van der Waals surface area contributed by atoms with Crippen molar-refractivity contribution in [2.45, 2.75) is 24.9 Å². The lowest BCUT2D eigenvalue weighted by molar-refractivity contribution is -0.231. The van der Waals surface area contributed by atoms with Crippen LogP contribution < -0.4 is 0 Å². The second kappa shape index (κ2) is 2.69. The molecule has 0 aliphatic carbocycles. The van der Waals surface area contributed by atoms with Gasteiger partial charge in [-0.05, 0) is 0 Å². The summed E-state index contributed by atoms with van der Waals surface area (Å²) in [6.07, 6.45) is -2.64. The van der Waals surface area contributed by atoms with E-state index in [0.29, 0.717) is 0 Å². The van der Waals surface area contributed by atoms with Crippen LogP contribution in [0.1, 0.15) is 6.42 Å². The Balaban J connectivity index is 2.11. The van der Waals surface area contributed by atoms with Gasteiger partial charge in [0, 0.05) is 5.92 Å². The molecule has 4 unspecified atom stereocenters. The summed E-state index contributed by atoms with van der Waals surface area (Å²) < 4.78 is 9.64. The van der Waals surface area contributed by atoms with Crippen LogP contribution in [0.4, 0.5) is 0 Å². The van der Waals surface area contributed by atoms with Gasteiger partial charge in [0.2, 0.25) is 0 Å². The number of fused-ring (bicyclic) bond motifs is 1. The molecular weight excluding hydrogens is 164 g/mol. The highest BCUT2D eigenvalue weighted by molar-refractivity contribution is 5.72. The Hall–Kier alpha value is -0.650. The van der Waals surface area contributed by atoms with Crippen LogP contribution >= 0.6 is 0 Å². The summed E-state index contributed by atoms with van der Waals surface area (Å²) in [5.74, 6) is -0.433. The first-order chi connectivity index (χ1) is 5.68. The van der Waals surface area contributed by atoms with Gasteiger partial charge in [-0.3, -0.25) is 4.79 Å². The number of carbonyl (C=O) groups excluding carboxylic acids is 1. The highest BCUT2D eigenvalue weighted by Crippen LogP contribution is 2.30. The van der Waals surface area contributed by atoms with Gasteiger partial charge in [0.1, 0.15) is 12.2 Å². The van der Waals surface area contributed by atoms with Crippen molar-refractivity contribution in [2.24, 2.45) is 5.92 Å². The third-order valence-corrected chi connectivity index (χ3v) is 2.27. The van der Waals surface area contributed by atoms with Gasteiger partial charge in [0.25, 0.3) is 0 Å². The quantitative estimate of drug-likeness (QED) is 0.443. The van der Waals surface area contributed by atoms with Crippen LogP contribution in [0.25, 0.3) is 0 Å². The van der Waals surface area contributed by atoms with Crippen LogP contribution in [-0.2, 0) is 14.3 Å². The fraction of sp³-hybridized carbons (Fsp3) is 0.857. The van der Waals surface area contributed by atoms with Gasteiger partial charge in [-0.15, -0.1) is 0 Å². The normalized spacial score (nSPS) is 47.0. The first-order valence-electron chi connectivity index (χ1n) is 3.85. The first-order valence-corrected chi connectivity index (χ1v) is 3.85. The third kappa shape index (κ3) is 1.10. The summed E-state index contributed by atoms with van der Waals surface area (Å²) in [6, 6.07) is 0. The van der Waals surface area contributed by atoms with Crippen LogP contribution in [-0.4, -0.2) is 41.3 Å². The second-order valence-electron chi connectivity index (χ2n) is 3.13. The number of aliphatic hydroxyl groups is 2. The summed E-state index contributed by atoms with van der Waals surface area (Å²) in [5, 5.41) is 18.4. The van der Waals surface area contributed by atoms with E-state index in [1.54, 1.807) is 0 Å². The average Bonchev–Trinajstić information content (AvgIpc) is 2.39. The summed E-state index contributed by atoms with van der Waals surface area (Å²) >= 11 is 0. The van der Waals surface area contributed by atoms with Gasteiger partial charge in [0.15, 0.2) is 6.29 Å². The van der Waals surface area contributed by atoms with Gasteiger partial charge in [-0.1, -0.05) is 0 Å². The van der Waals surface area contributed by atoms with Crippen molar-refractivity contribution in [2.75, 3.05) is 6.61 Å². The topological polar surface area (TPSA) is 76.0 Å². The van der Waals surface area contributed by atoms with E-state index in [1.165, 1.54) is 0 Å². The summed E-state index contributed by atoms with van der Waals surface area (Å²) in [6.45, 7) is 0.272. The Bertz CT molecular complexity index is 204. The summed E-state index contributed by atoms with van der Waals surface area (Å²) in [4.78, 5) is 10.8. The molecule has 12 heavy (non-hydrogen) atoms. The van der Waals surface area contributed by atoms with Gasteiger partial charge >= 0.3 is 5.97 Å². The average molecular weight is 174 g/mol. The van der Waals surface area contributed by atoms with Crippen molar-refractivity contribution in [3.63, 3.8) is 0 Å². The van der Waals surface area contributed by atoms with E-state index >= 15 is 0 Å². The van der Waals surface area contributed by atoms with E-state index in [-0.39, 0.29) is 24.9 Å². The van der Waals surface area contributed by atoms with E-state index in [4.69, 9.17) is 14.6 Å². The number of esters is 1. The maximum atomic E-state index is 10.8. The number of carbonyl (C=O) groups is 1. The Labute approximate surface area is 68.9 Å². The lowest BCUT2D eigenvalue weighted by atomic mass is 9.95. The molecule has 68 valence electrons. The van der Waals surface area contributed by atoms with Crippen molar-refractivity contribution < 1.29 is 24.5 Å². The number of aliphatic hydroxyl groups excluding tert-OH is 2. The minimum atomic E-state index is -1.22. The van der Waals surface area contributed by atoms with Crippen LogP contribution in [0.5, 0.6) is 0 Å². The van der Waals surface area contributed by atoms with E-state index in [0.717, 1.165) is 0 Å². The molecule has 2 rings (SSSR count). The van der Waals surface area contributed by atoms with E-state index in [1.807, 2.05) is 0 Å². The summed E-state index contributed by atoms with van der Waals surface area (Å²) in [5.41, 5.74) is 0. The number of rotatable bonds is 0. The van der Waals surface area contributed by atoms with Crippen molar-refractivity contribution in [3.05, 3.63) is 0 Å². The number of ether oxygens (including phenoxy) is 2. The van der Waals surface area contributed by atoms with Crippen molar-refractivity contribution >= 4 is 5.97 Å². The molecular formula is C7H10O5. The molecule has 0 radical (unpaired) electrons. The molecule has 2 N–H and O–H groups in total. The molecule has 0 spiro atoms. The zero-order valence-corrected chi connectivity index (χ0v) is 6.34. The minimum absolute atomic E-state index is 0.101. The summed E-state index contributed by atoms with van der Waals surface area (Å²) in [7, 11) is 0. The Morgan fingerprint density at radius 2 is 2.17 bits per heavy atom.